The minimum Gasteiger partial charge on any atom is -0.507 e. The summed E-state index contributed by atoms with van der Waals surface area (Å²) >= 11 is 6.61. The van der Waals surface area contributed by atoms with Crippen LogP contribution in [-0.4, -0.2) is 83.7 Å². The number of rotatable bonds is 4. The zero-order chi connectivity index (χ0) is 25.6. The molecule has 8 nitrogen and oxygen atoms in total. The predicted molar refractivity (Wildman–Crippen MR) is 132 cm³/mol. The van der Waals surface area contributed by atoms with Crippen LogP contribution >= 0.6 is 11.6 Å². The van der Waals surface area contributed by atoms with Crippen LogP contribution in [0.3, 0.4) is 0 Å². The Bertz CT molecular complexity index is 1360. The van der Waals surface area contributed by atoms with Gasteiger partial charge in [-0.1, -0.05) is 23.7 Å². The van der Waals surface area contributed by atoms with Gasteiger partial charge in [-0.25, -0.2) is 18.7 Å². The summed E-state index contributed by atoms with van der Waals surface area (Å²) in [4.78, 5) is 26.9. The average molecular weight is 516 g/mol. The summed E-state index contributed by atoms with van der Waals surface area (Å²) in [5.74, 6) is -1.74. The number of aromatic nitrogens is 2. The van der Waals surface area contributed by atoms with Crippen molar-refractivity contribution in [2.75, 3.05) is 51.8 Å². The van der Waals surface area contributed by atoms with E-state index in [4.69, 9.17) is 16.3 Å². The van der Waals surface area contributed by atoms with Crippen LogP contribution in [-0.2, 0) is 4.79 Å². The van der Waals surface area contributed by atoms with Gasteiger partial charge in [0.2, 0.25) is 5.91 Å². The number of likely N-dealkylation sites (N-methyl/N-ethyl adjacent to an activating group) is 1. The van der Waals surface area contributed by atoms with Crippen LogP contribution in [0.15, 0.2) is 36.7 Å². The summed E-state index contributed by atoms with van der Waals surface area (Å²) in [5, 5.41) is 10.4. The zero-order valence-electron chi connectivity index (χ0n) is 19.7. The Balaban J connectivity index is 1.55. The van der Waals surface area contributed by atoms with Gasteiger partial charge in [-0.05, 0) is 26.2 Å². The second kappa shape index (κ2) is 9.51. The standard InChI is InChI=1S/C25H24ClF2N5O3/c1-31(2)8-4-7-17(35)32-9-10-33-14(11-32)12-36-24-20-23(29-13-30-25(20)33)22(28)19(21(24)26)18-15(27)5-3-6-16(18)34/h3-7,13-14,34H,8-12H2,1-2H3/b7-4+/t14-/m0/s1. The molecule has 0 unspecified atom stereocenters. The number of anilines is 1. The number of carbonyl (C=O) groups is 1. The lowest BCUT2D eigenvalue weighted by Gasteiger charge is -2.40. The summed E-state index contributed by atoms with van der Waals surface area (Å²) in [6.07, 6.45) is 4.60. The largest absolute Gasteiger partial charge is 0.507 e. The number of nitrogens with zero attached hydrogens (tertiary/aromatic N) is 5. The number of hydrogen-bond acceptors (Lipinski definition) is 7. The van der Waals surface area contributed by atoms with E-state index in [1.807, 2.05) is 30.0 Å². The van der Waals surface area contributed by atoms with E-state index in [0.29, 0.717) is 32.0 Å². The molecule has 2 aromatic carbocycles. The van der Waals surface area contributed by atoms with Crippen molar-refractivity contribution in [3.8, 4) is 22.6 Å². The first-order valence-corrected chi connectivity index (χ1v) is 11.8. The number of phenolic OH excluding ortho intramolecular Hbond substituents is 1. The van der Waals surface area contributed by atoms with Crippen molar-refractivity contribution >= 4 is 34.2 Å². The Kier molecular flexibility index (Phi) is 6.40. The van der Waals surface area contributed by atoms with E-state index in [2.05, 4.69) is 9.97 Å². The SMILES string of the molecule is CN(C)C/C=C/C(=O)N1CCN2c3ncnc4c(F)c(-c5c(O)cccc5F)c(Cl)c(c34)OC[C@@H]2C1. The number of fused-ring (bicyclic) bond motifs is 2. The fraction of sp³-hybridized carbons (Fsp3) is 0.320. The first-order chi connectivity index (χ1) is 17.3. The molecule has 1 aromatic heterocycles. The minimum absolute atomic E-state index is 0.0946. The van der Waals surface area contributed by atoms with Gasteiger partial charge in [0, 0.05) is 37.8 Å². The van der Waals surface area contributed by atoms with Gasteiger partial charge in [0.1, 0.15) is 35.8 Å². The quantitative estimate of drug-likeness (QED) is 0.533. The van der Waals surface area contributed by atoms with Gasteiger partial charge in [0.25, 0.3) is 0 Å². The lowest BCUT2D eigenvalue weighted by molar-refractivity contribution is -0.126. The maximum absolute atomic E-state index is 15.8. The van der Waals surface area contributed by atoms with Crippen LogP contribution in [0.25, 0.3) is 22.0 Å². The van der Waals surface area contributed by atoms with Crippen molar-refractivity contribution in [2.24, 2.45) is 0 Å². The van der Waals surface area contributed by atoms with E-state index in [9.17, 15) is 14.3 Å². The number of carbonyl (C=O) groups excluding carboxylic acids is 1. The average Bonchev–Trinajstić information content (AvgIpc) is 3.01. The van der Waals surface area contributed by atoms with E-state index >= 15 is 4.39 Å². The summed E-state index contributed by atoms with van der Waals surface area (Å²) in [6.45, 7) is 2.04. The molecule has 36 heavy (non-hydrogen) atoms. The highest BCUT2D eigenvalue weighted by Crippen LogP contribution is 2.49. The molecule has 0 aliphatic carbocycles. The molecule has 1 atom stereocenters. The van der Waals surface area contributed by atoms with Crippen molar-refractivity contribution in [1.82, 2.24) is 19.8 Å². The van der Waals surface area contributed by atoms with E-state index in [1.54, 1.807) is 11.0 Å². The smallest absolute Gasteiger partial charge is 0.246 e. The number of benzene rings is 2. The number of aromatic hydroxyl groups is 1. The third-order valence-electron chi connectivity index (χ3n) is 6.36. The van der Waals surface area contributed by atoms with Crippen LogP contribution in [0.5, 0.6) is 11.5 Å². The molecule has 188 valence electrons. The highest BCUT2D eigenvalue weighted by Gasteiger charge is 2.37. The van der Waals surface area contributed by atoms with E-state index in [-0.39, 0.29) is 51.4 Å². The Morgan fingerprint density at radius 2 is 2.08 bits per heavy atom. The molecule has 5 rings (SSSR count). The fourth-order valence-corrected chi connectivity index (χ4v) is 4.98. The number of ether oxygens (including phenoxy) is 1. The van der Waals surface area contributed by atoms with Gasteiger partial charge < -0.3 is 24.5 Å². The molecule has 0 bridgehead atoms. The van der Waals surface area contributed by atoms with Crippen LogP contribution in [0.2, 0.25) is 5.02 Å². The fourth-order valence-electron chi connectivity index (χ4n) is 4.65. The second-order valence-corrected chi connectivity index (χ2v) is 9.37. The van der Waals surface area contributed by atoms with E-state index in [0.717, 1.165) is 6.07 Å². The highest BCUT2D eigenvalue weighted by atomic mass is 35.5. The van der Waals surface area contributed by atoms with Crippen LogP contribution in [0, 0.1) is 11.6 Å². The van der Waals surface area contributed by atoms with Crippen molar-refractivity contribution < 1.29 is 23.4 Å². The second-order valence-electron chi connectivity index (χ2n) is 8.99. The maximum atomic E-state index is 15.8. The molecule has 1 saturated heterocycles. The summed E-state index contributed by atoms with van der Waals surface area (Å²) in [6, 6.07) is 3.40. The zero-order valence-corrected chi connectivity index (χ0v) is 20.5. The third-order valence-corrected chi connectivity index (χ3v) is 6.72. The molecule has 3 heterocycles. The topological polar surface area (TPSA) is 82.0 Å². The monoisotopic (exact) mass is 515 g/mol. The van der Waals surface area contributed by atoms with Crippen LogP contribution in [0.4, 0.5) is 14.6 Å². The number of halogens is 3. The molecule has 2 aliphatic heterocycles. The summed E-state index contributed by atoms with van der Waals surface area (Å²) in [5.41, 5.74) is -0.796. The molecule has 1 fully saturated rings. The number of piperazine rings is 1. The number of amides is 1. The van der Waals surface area contributed by atoms with Crippen molar-refractivity contribution in [3.63, 3.8) is 0 Å². The van der Waals surface area contributed by atoms with Crippen LogP contribution < -0.4 is 9.64 Å². The lowest BCUT2D eigenvalue weighted by Crippen LogP contribution is -2.56. The van der Waals surface area contributed by atoms with Gasteiger partial charge in [-0.15, -0.1) is 0 Å². The summed E-state index contributed by atoms with van der Waals surface area (Å²) < 4.78 is 36.6. The lowest BCUT2D eigenvalue weighted by atomic mass is 10.00. The van der Waals surface area contributed by atoms with Crippen LogP contribution in [0.1, 0.15) is 0 Å². The molecule has 2 aliphatic rings. The molecular weight excluding hydrogens is 492 g/mol. The Hall–Kier alpha value is -3.50. The van der Waals surface area contributed by atoms with Gasteiger partial charge in [0.15, 0.2) is 11.6 Å². The molecule has 0 radical (unpaired) electrons. The number of phenols is 1. The molecule has 3 aromatic rings. The molecule has 11 heteroatoms. The predicted octanol–water partition coefficient (Wildman–Crippen LogP) is 3.46. The molecule has 1 amide bonds. The summed E-state index contributed by atoms with van der Waals surface area (Å²) in [7, 11) is 3.84. The van der Waals surface area contributed by atoms with Crippen molar-refractivity contribution in [2.45, 2.75) is 6.04 Å². The normalized spacial score (nSPS) is 17.4. The Labute approximate surface area is 211 Å². The van der Waals surface area contributed by atoms with Crippen molar-refractivity contribution in [3.05, 3.63) is 53.3 Å². The molecule has 0 saturated carbocycles. The maximum Gasteiger partial charge on any atom is 0.246 e. The molecular formula is C25H24ClF2N5O3. The Morgan fingerprint density at radius 3 is 2.83 bits per heavy atom. The third kappa shape index (κ3) is 4.10. The van der Waals surface area contributed by atoms with E-state index < -0.39 is 17.4 Å². The van der Waals surface area contributed by atoms with Gasteiger partial charge in [-0.2, -0.15) is 0 Å². The minimum atomic E-state index is -0.885. The van der Waals surface area contributed by atoms with Crippen molar-refractivity contribution in [1.29, 1.82) is 0 Å². The van der Waals surface area contributed by atoms with Gasteiger partial charge in [-0.3, -0.25) is 4.79 Å². The number of hydrogen-bond donors (Lipinski definition) is 1. The first-order valence-electron chi connectivity index (χ1n) is 11.4. The van der Waals surface area contributed by atoms with E-state index in [1.165, 1.54) is 18.5 Å². The first kappa shape index (κ1) is 24.2. The Morgan fingerprint density at radius 1 is 1.28 bits per heavy atom. The molecule has 1 N–H and O–H groups in total. The molecule has 0 spiro atoms. The van der Waals surface area contributed by atoms with Gasteiger partial charge in [0.05, 0.1) is 22.0 Å². The van der Waals surface area contributed by atoms with Gasteiger partial charge >= 0.3 is 0 Å². The highest BCUT2D eigenvalue weighted by molar-refractivity contribution is 6.36.